The van der Waals surface area contributed by atoms with E-state index in [0.717, 1.165) is 12.0 Å². The standard InChI is InChI=1S/C16H34N2/c1-14(2)9-10-15(3)17-11-7-13-18-12-6-5-8-16(18)4/h14-17H,5-13H2,1-4H3. The van der Waals surface area contributed by atoms with Gasteiger partial charge in [-0.1, -0.05) is 20.3 Å². The maximum atomic E-state index is 3.67. The van der Waals surface area contributed by atoms with Gasteiger partial charge >= 0.3 is 0 Å². The summed E-state index contributed by atoms with van der Waals surface area (Å²) in [5, 5.41) is 3.67. The minimum absolute atomic E-state index is 0.686. The molecule has 1 aliphatic rings. The first-order valence-electron chi connectivity index (χ1n) is 8.07. The molecule has 0 radical (unpaired) electrons. The van der Waals surface area contributed by atoms with Crippen LogP contribution in [0, 0.1) is 5.92 Å². The molecule has 2 heteroatoms. The lowest BCUT2D eigenvalue weighted by atomic mass is 10.0. The number of piperidine rings is 1. The van der Waals surface area contributed by atoms with Crippen LogP contribution in [0.25, 0.3) is 0 Å². The number of hydrogen-bond donors (Lipinski definition) is 1. The Kier molecular flexibility index (Phi) is 7.92. The van der Waals surface area contributed by atoms with E-state index in [0.29, 0.717) is 6.04 Å². The maximum absolute atomic E-state index is 3.67. The van der Waals surface area contributed by atoms with Crippen LogP contribution in [0.15, 0.2) is 0 Å². The number of likely N-dealkylation sites (tertiary alicyclic amines) is 1. The average molecular weight is 254 g/mol. The SMILES string of the molecule is CC(C)CCC(C)NCCCN1CCCCC1C. The predicted octanol–water partition coefficient (Wildman–Crippen LogP) is 3.67. The zero-order valence-corrected chi connectivity index (χ0v) is 13.0. The molecular weight excluding hydrogens is 220 g/mol. The van der Waals surface area contributed by atoms with Crippen LogP contribution >= 0.6 is 0 Å². The van der Waals surface area contributed by atoms with Gasteiger partial charge in [0.2, 0.25) is 0 Å². The van der Waals surface area contributed by atoms with E-state index in [4.69, 9.17) is 0 Å². The van der Waals surface area contributed by atoms with E-state index < -0.39 is 0 Å². The summed E-state index contributed by atoms with van der Waals surface area (Å²) in [5.41, 5.74) is 0. The van der Waals surface area contributed by atoms with E-state index in [-0.39, 0.29) is 0 Å². The second-order valence-corrected chi connectivity index (χ2v) is 6.56. The van der Waals surface area contributed by atoms with E-state index in [9.17, 15) is 0 Å². The molecule has 1 heterocycles. The monoisotopic (exact) mass is 254 g/mol. The van der Waals surface area contributed by atoms with Gasteiger partial charge in [-0.2, -0.15) is 0 Å². The van der Waals surface area contributed by atoms with Gasteiger partial charge in [-0.3, -0.25) is 0 Å². The van der Waals surface area contributed by atoms with Gasteiger partial charge in [0.05, 0.1) is 0 Å². The summed E-state index contributed by atoms with van der Waals surface area (Å²) in [5.74, 6) is 0.837. The molecule has 1 fully saturated rings. The lowest BCUT2D eigenvalue weighted by molar-refractivity contribution is 0.158. The van der Waals surface area contributed by atoms with Crippen molar-refractivity contribution in [2.24, 2.45) is 5.92 Å². The molecular formula is C16H34N2. The van der Waals surface area contributed by atoms with Crippen molar-refractivity contribution < 1.29 is 0 Å². The summed E-state index contributed by atoms with van der Waals surface area (Å²) in [6.07, 6.45) is 8.20. The van der Waals surface area contributed by atoms with Crippen LogP contribution in [0.1, 0.15) is 66.2 Å². The third-order valence-corrected chi connectivity index (χ3v) is 4.23. The molecule has 0 aromatic rings. The smallest absolute Gasteiger partial charge is 0.00669 e. The molecule has 108 valence electrons. The number of nitrogens with one attached hydrogen (secondary N) is 1. The van der Waals surface area contributed by atoms with Crippen LogP contribution in [0.2, 0.25) is 0 Å². The molecule has 1 N–H and O–H groups in total. The predicted molar refractivity (Wildman–Crippen MR) is 81.0 cm³/mol. The fraction of sp³-hybridized carbons (Fsp3) is 1.00. The molecule has 0 aromatic carbocycles. The second-order valence-electron chi connectivity index (χ2n) is 6.56. The van der Waals surface area contributed by atoms with Crippen molar-refractivity contribution in [1.82, 2.24) is 10.2 Å². The molecule has 0 aliphatic carbocycles. The summed E-state index contributed by atoms with van der Waals surface area (Å²) in [6.45, 7) is 13.1. The fourth-order valence-corrected chi connectivity index (χ4v) is 2.81. The molecule has 0 bridgehead atoms. The first kappa shape index (κ1) is 16.0. The second kappa shape index (κ2) is 8.92. The van der Waals surface area contributed by atoms with E-state index in [1.807, 2.05) is 0 Å². The van der Waals surface area contributed by atoms with Crippen LogP contribution in [0.3, 0.4) is 0 Å². The highest BCUT2D eigenvalue weighted by Crippen LogP contribution is 2.16. The Balaban J connectivity index is 2.00. The van der Waals surface area contributed by atoms with Crippen molar-refractivity contribution in [3.8, 4) is 0 Å². The zero-order valence-electron chi connectivity index (χ0n) is 13.0. The molecule has 18 heavy (non-hydrogen) atoms. The highest BCUT2D eigenvalue weighted by Gasteiger charge is 2.17. The van der Waals surface area contributed by atoms with E-state index in [2.05, 4.69) is 37.9 Å². The van der Waals surface area contributed by atoms with Crippen molar-refractivity contribution in [3.63, 3.8) is 0 Å². The zero-order chi connectivity index (χ0) is 13.4. The molecule has 0 aromatic heterocycles. The molecule has 0 saturated carbocycles. The molecule has 0 amide bonds. The van der Waals surface area contributed by atoms with Gasteiger partial charge in [-0.15, -0.1) is 0 Å². The van der Waals surface area contributed by atoms with Crippen molar-refractivity contribution in [2.45, 2.75) is 78.3 Å². The summed E-state index contributed by atoms with van der Waals surface area (Å²) in [4.78, 5) is 2.67. The first-order valence-corrected chi connectivity index (χ1v) is 8.07. The van der Waals surface area contributed by atoms with Crippen molar-refractivity contribution in [2.75, 3.05) is 19.6 Å². The van der Waals surface area contributed by atoms with Crippen LogP contribution in [-0.4, -0.2) is 36.6 Å². The lowest BCUT2D eigenvalue weighted by Gasteiger charge is -2.33. The molecule has 1 aliphatic heterocycles. The molecule has 0 spiro atoms. The van der Waals surface area contributed by atoms with Gasteiger partial charge in [-0.05, 0) is 71.5 Å². The highest BCUT2D eigenvalue weighted by atomic mass is 15.2. The highest BCUT2D eigenvalue weighted by molar-refractivity contribution is 4.73. The minimum atomic E-state index is 0.686. The van der Waals surface area contributed by atoms with Gasteiger partial charge in [0.1, 0.15) is 0 Å². The third kappa shape index (κ3) is 6.75. The van der Waals surface area contributed by atoms with E-state index in [1.54, 1.807) is 0 Å². The summed E-state index contributed by atoms with van der Waals surface area (Å²) in [7, 11) is 0. The van der Waals surface area contributed by atoms with Crippen LogP contribution in [0.4, 0.5) is 0 Å². The summed E-state index contributed by atoms with van der Waals surface area (Å²) >= 11 is 0. The van der Waals surface area contributed by atoms with E-state index in [1.165, 1.54) is 58.2 Å². The summed E-state index contributed by atoms with van der Waals surface area (Å²) < 4.78 is 0. The number of hydrogen-bond acceptors (Lipinski definition) is 2. The minimum Gasteiger partial charge on any atom is -0.314 e. The largest absolute Gasteiger partial charge is 0.314 e. The summed E-state index contributed by atoms with van der Waals surface area (Å²) in [6, 6.07) is 1.50. The molecule has 1 rings (SSSR count). The number of nitrogens with zero attached hydrogens (tertiary/aromatic N) is 1. The average Bonchev–Trinajstić information content (AvgIpc) is 2.34. The Labute approximate surface area is 115 Å². The third-order valence-electron chi connectivity index (χ3n) is 4.23. The van der Waals surface area contributed by atoms with Crippen LogP contribution < -0.4 is 5.32 Å². The maximum Gasteiger partial charge on any atom is 0.00669 e. The van der Waals surface area contributed by atoms with Crippen LogP contribution in [-0.2, 0) is 0 Å². The van der Waals surface area contributed by atoms with Gasteiger partial charge in [0.15, 0.2) is 0 Å². The van der Waals surface area contributed by atoms with Crippen molar-refractivity contribution in [3.05, 3.63) is 0 Å². The van der Waals surface area contributed by atoms with E-state index >= 15 is 0 Å². The number of rotatable bonds is 8. The normalized spacial score (nSPS) is 23.5. The molecule has 1 saturated heterocycles. The Morgan fingerprint density at radius 2 is 1.94 bits per heavy atom. The van der Waals surface area contributed by atoms with Crippen LogP contribution in [0.5, 0.6) is 0 Å². The molecule has 2 atom stereocenters. The topological polar surface area (TPSA) is 15.3 Å². The fourth-order valence-electron chi connectivity index (χ4n) is 2.81. The van der Waals surface area contributed by atoms with Gasteiger partial charge in [0.25, 0.3) is 0 Å². The first-order chi connectivity index (χ1) is 8.59. The Morgan fingerprint density at radius 1 is 1.17 bits per heavy atom. The Bertz CT molecular complexity index is 203. The van der Waals surface area contributed by atoms with Gasteiger partial charge < -0.3 is 10.2 Å². The van der Waals surface area contributed by atoms with Gasteiger partial charge in [0, 0.05) is 12.1 Å². The Morgan fingerprint density at radius 3 is 2.61 bits per heavy atom. The van der Waals surface area contributed by atoms with Crippen molar-refractivity contribution in [1.29, 1.82) is 0 Å². The quantitative estimate of drug-likeness (QED) is 0.665. The van der Waals surface area contributed by atoms with Crippen molar-refractivity contribution >= 4 is 0 Å². The Hall–Kier alpha value is -0.0800. The molecule has 2 nitrogen and oxygen atoms in total. The molecule has 2 unspecified atom stereocenters. The van der Waals surface area contributed by atoms with Gasteiger partial charge in [-0.25, -0.2) is 0 Å². The lowest BCUT2D eigenvalue weighted by Crippen LogP contribution is -2.39.